The van der Waals surface area contributed by atoms with E-state index in [1.165, 1.54) is 11.1 Å². The first-order valence-electron chi connectivity index (χ1n) is 6.12. The second-order valence-electron chi connectivity index (χ2n) is 4.67. The van der Waals surface area contributed by atoms with Gasteiger partial charge in [0.25, 0.3) is 0 Å². The first-order valence-corrected chi connectivity index (χ1v) is 6.12. The molecule has 2 rings (SSSR count). The molecule has 0 amide bonds. The summed E-state index contributed by atoms with van der Waals surface area (Å²) in [6.07, 6.45) is 1.93. The molecule has 0 bridgehead atoms. The lowest BCUT2D eigenvalue weighted by atomic mass is 10.1. The third kappa shape index (κ3) is 2.93. The zero-order valence-corrected chi connectivity index (χ0v) is 11.0. The van der Waals surface area contributed by atoms with Crippen molar-refractivity contribution in [1.82, 2.24) is 9.97 Å². The number of aryl methyl sites for hydroxylation is 2. The molecule has 1 heterocycles. The van der Waals surface area contributed by atoms with E-state index in [1.54, 1.807) is 13.1 Å². The Morgan fingerprint density at radius 3 is 2.39 bits per heavy atom. The molecule has 0 saturated heterocycles. The smallest absolute Gasteiger partial charge is 0.132 e. The largest absolute Gasteiger partial charge is 0.389 e. The molecule has 1 aromatic carbocycles. The van der Waals surface area contributed by atoms with Gasteiger partial charge in [-0.15, -0.1) is 0 Å². The van der Waals surface area contributed by atoms with Crippen molar-refractivity contribution in [3.05, 3.63) is 58.7 Å². The molecule has 0 aliphatic heterocycles. The molecule has 1 aromatic heterocycles. The highest BCUT2D eigenvalue weighted by atomic mass is 16.3. The minimum absolute atomic E-state index is 0.515. The Balaban J connectivity index is 2.20. The number of aromatic nitrogens is 2. The number of rotatable bonds is 3. The average Bonchev–Trinajstić information content (AvgIpc) is 2.32. The average molecular weight is 242 g/mol. The molecule has 3 nitrogen and oxygen atoms in total. The van der Waals surface area contributed by atoms with E-state index in [1.807, 2.05) is 6.92 Å². The monoisotopic (exact) mass is 242 g/mol. The van der Waals surface area contributed by atoms with Crippen molar-refractivity contribution in [2.24, 2.45) is 0 Å². The maximum Gasteiger partial charge on any atom is 0.132 e. The number of hydrogen-bond donors (Lipinski definition) is 1. The fourth-order valence-corrected chi connectivity index (χ4v) is 1.91. The molecule has 0 aliphatic carbocycles. The summed E-state index contributed by atoms with van der Waals surface area (Å²) < 4.78 is 0. The molecule has 18 heavy (non-hydrogen) atoms. The zero-order valence-electron chi connectivity index (χ0n) is 11.0. The number of aliphatic hydroxyl groups excluding tert-OH is 1. The predicted molar refractivity (Wildman–Crippen MR) is 71.4 cm³/mol. The molecular weight excluding hydrogens is 224 g/mol. The number of benzene rings is 1. The summed E-state index contributed by atoms with van der Waals surface area (Å²) in [4.78, 5) is 8.75. The molecule has 0 fully saturated rings. The fraction of sp³-hybridized carbons (Fsp3) is 0.333. The van der Waals surface area contributed by atoms with Crippen molar-refractivity contribution in [3.63, 3.8) is 0 Å². The zero-order chi connectivity index (χ0) is 13.1. The van der Waals surface area contributed by atoms with Gasteiger partial charge in [0, 0.05) is 23.9 Å². The highest BCUT2D eigenvalue weighted by Gasteiger charge is 2.08. The van der Waals surface area contributed by atoms with Crippen LogP contribution >= 0.6 is 0 Å². The Labute approximate surface area is 108 Å². The first-order chi connectivity index (χ1) is 8.56. The van der Waals surface area contributed by atoms with Gasteiger partial charge in [-0.25, -0.2) is 9.97 Å². The number of aliphatic hydroxyl groups is 1. The van der Waals surface area contributed by atoms with Gasteiger partial charge < -0.3 is 5.11 Å². The van der Waals surface area contributed by atoms with E-state index in [2.05, 4.69) is 41.2 Å². The fourth-order valence-electron chi connectivity index (χ4n) is 1.91. The van der Waals surface area contributed by atoms with E-state index in [-0.39, 0.29) is 0 Å². The van der Waals surface area contributed by atoms with E-state index < -0.39 is 6.10 Å². The van der Waals surface area contributed by atoms with Crippen molar-refractivity contribution in [2.45, 2.75) is 33.3 Å². The highest BCUT2D eigenvalue weighted by molar-refractivity contribution is 5.25. The molecule has 2 aromatic rings. The van der Waals surface area contributed by atoms with Crippen LogP contribution in [0, 0.1) is 13.8 Å². The van der Waals surface area contributed by atoms with E-state index in [0.29, 0.717) is 0 Å². The Morgan fingerprint density at radius 1 is 1.17 bits per heavy atom. The minimum atomic E-state index is -0.515. The summed E-state index contributed by atoms with van der Waals surface area (Å²) in [7, 11) is 0. The van der Waals surface area contributed by atoms with Crippen LogP contribution in [-0.2, 0) is 6.42 Å². The first kappa shape index (κ1) is 12.7. The summed E-state index contributed by atoms with van der Waals surface area (Å²) in [5.74, 6) is 0.792. The standard InChI is InChI=1S/C15H18N2O/c1-10-4-6-13(7-5-10)8-15-16-9-14(12(3)18)11(2)17-15/h4-7,9,12,18H,8H2,1-3H3. The van der Waals surface area contributed by atoms with Crippen LogP contribution < -0.4 is 0 Å². The van der Waals surface area contributed by atoms with Gasteiger partial charge in [-0.2, -0.15) is 0 Å². The van der Waals surface area contributed by atoms with Crippen molar-refractivity contribution in [1.29, 1.82) is 0 Å². The van der Waals surface area contributed by atoms with Crippen LogP contribution in [0.4, 0.5) is 0 Å². The second-order valence-corrected chi connectivity index (χ2v) is 4.67. The summed E-state index contributed by atoms with van der Waals surface area (Å²) >= 11 is 0. The normalized spacial score (nSPS) is 12.4. The predicted octanol–water partition coefficient (Wildman–Crippen LogP) is 2.74. The van der Waals surface area contributed by atoms with Crippen molar-refractivity contribution in [3.8, 4) is 0 Å². The van der Waals surface area contributed by atoms with Crippen LogP contribution in [-0.4, -0.2) is 15.1 Å². The van der Waals surface area contributed by atoms with Crippen LogP contribution in [0.3, 0.4) is 0 Å². The van der Waals surface area contributed by atoms with Crippen LogP contribution in [0.2, 0.25) is 0 Å². The molecule has 0 aliphatic rings. The van der Waals surface area contributed by atoms with Crippen LogP contribution in [0.1, 0.15) is 41.2 Å². The van der Waals surface area contributed by atoms with E-state index >= 15 is 0 Å². The second kappa shape index (κ2) is 5.27. The van der Waals surface area contributed by atoms with Crippen LogP contribution in [0.5, 0.6) is 0 Å². The third-order valence-corrected chi connectivity index (χ3v) is 3.00. The molecule has 3 heteroatoms. The topological polar surface area (TPSA) is 46.0 Å². The Bertz CT molecular complexity index is 533. The quantitative estimate of drug-likeness (QED) is 0.900. The van der Waals surface area contributed by atoms with Gasteiger partial charge in [-0.05, 0) is 26.3 Å². The summed E-state index contributed by atoms with van der Waals surface area (Å²) in [6.45, 7) is 5.70. The maximum atomic E-state index is 9.54. The van der Waals surface area contributed by atoms with Gasteiger partial charge in [0.05, 0.1) is 6.10 Å². The number of nitrogens with zero attached hydrogens (tertiary/aromatic N) is 2. The SMILES string of the molecule is Cc1ccc(Cc2ncc(C(C)O)c(C)n2)cc1. The van der Waals surface area contributed by atoms with Gasteiger partial charge in [-0.1, -0.05) is 29.8 Å². The molecule has 1 atom stereocenters. The van der Waals surface area contributed by atoms with Gasteiger partial charge in [0.15, 0.2) is 0 Å². The van der Waals surface area contributed by atoms with E-state index in [4.69, 9.17) is 0 Å². The van der Waals surface area contributed by atoms with Crippen molar-refractivity contribution in [2.75, 3.05) is 0 Å². The lowest BCUT2D eigenvalue weighted by molar-refractivity contribution is 0.197. The van der Waals surface area contributed by atoms with Crippen molar-refractivity contribution >= 4 is 0 Å². The lowest BCUT2D eigenvalue weighted by Crippen LogP contribution is -2.04. The maximum absolute atomic E-state index is 9.54. The Kier molecular flexibility index (Phi) is 3.72. The van der Waals surface area contributed by atoms with Crippen LogP contribution in [0.15, 0.2) is 30.5 Å². The van der Waals surface area contributed by atoms with Gasteiger partial charge in [0.1, 0.15) is 5.82 Å². The van der Waals surface area contributed by atoms with Crippen LogP contribution in [0.25, 0.3) is 0 Å². The molecule has 94 valence electrons. The van der Waals surface area contributed by atoms with Gasteiger partial charge in [-0.3, -0.25) is 0 Å². The van der Waals surface area contributed by atoms with E-state index in [9.17, 15) is 5.11 Å². The van der Waals surface area contributed by atoms with Gasteiger partial charge in [0.2, 0.25) is 0 Å². The summed E-state index contributed by atoms with van der Waals surface area (Å²) in [6, 6.07) is 8.37. The van der Waals surface area contributed by atoms with Gasteiger partial charge >= 0.3 is 0 Å². The minimum Gasteiger partial charge on any atom is -0.389 e. The Hall–Kier alpha value is -1.74. The highest BCUT2D eigenvalue weighted by Crippen LogP contribution is 2.15. The molecule has 1 N–H and O–H groups in total. The molecular formula is C15H18N2O. The summed E-state index contributed by atoms with van der Waals surface area (Å²) in [5, 5.41) is 9.54. The number of hydrogen-bond acceptors (Lipinski definition) is 3. The lowest BCUT2D eigenvalue weighted by Gasteiger charge is -2.09. The molecule has 1 unspecified atom stereocenters. The molecule has 0 radical (unpaired) electrons. The third-order valence-electron chi connectivity index (χ3n) is 3.00. The van der Waals surface area contributed by atoms with Crippen molar-refractivity contribution < 1.29 is 5.11 Å². The van der Waals surface area contributed by atoms with E-state index in [0.717, 1.165) is 23.5 Å². The summed E-state index contributed by atoms with van der Waals surface area (Å²) in [5.41, 5.74) is 4.09. The molecule has 0 saturated carbocycles. The molecule has 0 spiro atoms. The Morgan fingerprint density at radius 2 is 1.83 bits per heavy atom.